The Morgan fingerprint density at radius 1 is 1.53 bits per heavy atom. The van der Waals surface area contributed by atoms with Gasteiger partial charge < -0.3 is 20.3 Å². The molecule has 5 heteroatoms. The van der Waals surface area contributed by atoms with Gasteiger partial charge in [-0.05, 0) is 32.9 Å². The number of hydrogen-bond donors (Lipinski definition) is 2. The molecule has 0 saturated carbocycles. The number of aliphatic carboxylic acids is 1. The molecule has 0 aromatic heterocycles. The predicted octanol–water partition coefficient (Wildman–Crippen LogP) is 1.89. The van der Waals surface area contributed by atoms with Gasteiger partial charge in [0, 0.05) is 6.42 Å². The highest BCUT2D eigenvalue weighted by atomic mass is 16.5. The molecule has 5 nitrogen and oxygen atoms in total. The van der Waals surface area contributed by atoms with Crippen LogP contribution in [-0.2, 0) is 10.3 Å². The molecule has 1 aromatic rings. The maximum Gasteiger partial charge on any atom is 0.328 e. The number of benzene rings is 1. The average molecular weight is 265 g/mol. The van der Waals surface area contributed by atoms with Crippen molar-refractivity contribution in [3.63, 3.8) is 0 Å². The van der Waals surface area contributed by atoms with Gasteiger partial charge in [0.2, 0.25) is 0 Å². The van der Waals surface area contributed by atoms with E-state index in [1.54, 1.807) is 18.2 Å². The predicted molar refractivity (Wildman–Crippen MR) is 70.4 cm³/mol. The van der Waals surface area contributed by atoms with Crippen molar-refractivity contribution in [1.82, 2.24) is 0 Å². The maximum atomic E-state index is 11.6. The van der Waals surface area contributed by atoms with Crippen molar-refractivity contribution >= 4 is 5.97 Å². The van der Waals surface area contributed by atoms with Crippen LogP contribution in [0, 0.1) is 0 Å². The van der Waals surface area contributed by atoms with E-state index in [0.717, 1.165) is 0 Å². The molecule has 0 bridgehead atoms. The molecule has 3 N–H and O–H groups in total. The van der Waals surface area contributed by atoms with E-state index in [1.165, 1.54) is 0 Å². The first-order valence-corrected chi connectivity index (χ1v) is 6.28. The van der Waals surface area contributed by atoms with Crippen LogP contribution in [0.25, 0.3) is 0 Å². The van der Waals surface area contributed by atoms with Gasteiger partial charge in [-0.15, -0.1) is 0 Å². The van der Waals surface area contributed by atoms with Crippen LogP contribution >= 0.6 is 0 Å². The van der Waals surface area contributed by atoms with E-state index in [1.807, 2.05) is 20.8 Å². The molecule has 1 heterocycles. The summed E-state index contributed by atoms with van der Waals surface area (Å²) in [6.45, 7) is 5.93. The molecule has 1 atom stereocenters. The standard InChI is InChI=1S/C14H19NO4/c1-4-18-9-6-5-7-10-11(9)14(15,12(16)17)8-13(2,3)19-10/h5-7H,4,8,15H2,1-3H3,(H,16,17). The van der Waals surface area contributed by atoms with E-state index in [0.29, 0.717) is 23.7 Å². The Morgan fingerprint density at radius 3 is 2.79 bits per heavy atom. The molecular weight excluding hydrogens is 246 g/mol. The fourth-order valence-corrected chi connectivity index (χ4v) is 2.59. The van der Waals surface area contributed by atoms with Crippen molar-refractivity contribution in [1.29, 1.82) is 0 Å². The van der Waals surface area contributed by atoms with Crippen LogP contribution in [0.1, 0.15) is 32.8 Å². The van der Waals surface area contributed by atoms with Crippen LogP contribution in [0.15, 0.2) is 18.2 Å². The third-order valence-electron chi connectivity index (χ3n) is 3.21. The third-order valence-corrected chi connectivity index (χ3v) is 3.21. The number of hydrogen-bond acceptors (Lipinski definition) is 4. The van der Waals surface area contributed by atoms with Gasteiger partial charge in [-0.2, -0.15) is 0 Å². The first kappa shape index (κ1) is 13.7. The minimum Gasteiger partial charge on any atom is -0.493 e. The van der Waals surface area contributed by atoms with Gasteiger partial charge in [-0.25, -0.2) is 4.79 Å². The van der Waals surface area contributed by atoms with Crippen LogP contribution in [0.3, 0.4) is 0 Å². The summed E-state index contributed by atoms with van der Waals surface area (Å²) in [5.74, 6) is -0.121. The Morgan fingerprint density at radius 2 is 2.21 bits per heavy atom. The van der Waals surface area contributed by atoms with Gasteiger partial charge in [-0.3, -0.25) is 0 Å². The number of fused-ring (bicyclic) bond motifs is 1. The zero-order chi connectivity index (χ0) is 14.3. The largest absolute Gasteiger partial charge is 0.493 e. The summed E-state index contributed by atoms with van der Waals surface area (Å²) in [5.41, 5.74) is 4.45. The summed E-state index contributed by atoms with van der Waals surface area (Å²) in [5, 5.41) is 9.53. The normalized spacial score (nSPS) is 24.2. The van der Waals surface area contributed by atoms with Gasteiger partial charge in [0.15, 0.2) is 5.54 Å². The lowest BCUT2D eigenvalue weighted by Gasteiger charge is -2.42. The lowest BCUT2D eigenvalue weighted by Crippen LogP contribution is -2.54. The molecule has 1 aliphatic rings. The number of ether oxygens (including phenoxy) is 2. The number of carboxylic acid groups (broad SMARTS) is 1. The third kappa shape index (κ3) is 2.26. The molecular formula is C14H19NO4. The summed E-state index contributed by atoms with van der Waals surface area (Å²) >= 11 is 0. The average Bonchev–Trinajstić information content (AvgIpc) is 2.27. The van der Waals surface area contributed by atoms with Gasteiger partial charge in [0.1, 0.15) is 17.1 Å². The quantitative estimate of drug-likeness (QED) is 0.872. The number of carbonyl (C=O) groups is 1. The summed E-state index contributed by atoms with van der Waals surface area (Å²) in [4.78, 5) is 11.6. The highest BCUT2D eigenvalue weighted by Crippen LogP contribution is 2.46. The Kier molecular flexibility index (Phi) is 3.18. The van der Waals surface area contributed by atoms with Crippen LogP contribution in [0.5, 0.6) is 11.5 Å². The SMILES string of the molecule is CCOc1cccc2c1C(N)(C(=O)O)CC(C)(C)O2. The van der Waals surface area contributed by atoms with E-state index >= 15 is 0 Å². The van der Waals surface area contributed by atoms with Gasteiger partial charge >= 0.3 is 5.97 Å². The molecule has 0 fully saturated rings. The van der Waals surface area contributed by atoms with Crippen LogP contribution in [0.2, 0.25) is 0 Å². The Balaban J connectivity index is 2.65. The molecule has 1 aliphatic heterocycles. The molecule has 0 spiro atoms. The second kappa shape index (κ2) is 4.42. The zero-order valence-electron chi connectivity index (χ0n) is 11.4. The first-order valence-electron chi connectivity index (χ1n) is 6.28. The van der Waals surface area contributed by atoms with Crippen molar-refractivity contribution in [3.8, 4) is 11.5 Å². The van der Waals surface area contributed by atoms with E-state index in [4.69, 9.17) is 15.2 Å². The van der Waals surface area contributed by atoms with Crippen molar-refractivity contribution in [3.05, 3.63) is 23.8 Å². The topological polar surface area (TPSA) is 81.8 Å². The lowest BCUT2D eigenvalue weighted by atomic mass is 9.78. The molecule has 19 heavy (non-hydrogen) atoms. The Bertz CT molecular complexity index is 512. The van der Waals surface area contributed by atoms with Crippen LogP contribution < -0.4 is 15.2 Å². The number of rotatable bonds is 3. The van der Waals surface area contributed by atoms with Gasteiger partial charge in [0.05, 0.1) is 12.2 Å². The van der Waals surface area contributed by atoms with Crippen molar-refractivity contribution in [2.24, 2.45) is 5.73 Å². The molecule has 0 amide bonds. The lowest BCUT2D eigenvalue weighted by molar-refractivity contribution is -0.147. The fourth-order valence-electron chi connectivity index (χ4n) is 2.59. The second-order valence-electron chi connectivity index (χ2n) is 5.38. The zero-order valence-corrected chi connectivity index (χ0v) is 11.4. The van der Waals surface area contributed by atoms with Crippen molar-refractivity contribution in [2.75, 3.05) is 6.61 Å². The van der Waals surface area contributed by atoms with Crippen molar-refractivity contribution in [2.45, 2.75) is 38.3 Å². The van der Waals surface area contributed by atoms with E-state index in [2.05, 4.69) is 0 Å². The molecule has 1 aromatic carbocycles. The van der Waals surface area contributed by atoms with Crippen LogP contribution in [0.4, 0.5) is 0 Å². The molecule has 0 aliphatic carbocycles. The van der Waals surface area contributed by atoms with Gasteiger partial charge in [-0.1, -0.05) is 6.07 Å². The maximum absolute atomic E-state index is 11.6. The molecule has 2 rings (SSSR count). The smallest absolute Gasteiger partial charge is 0.328 e. The molecule has 1 unspecified atom stereocenters. The monoisotopic (exact) mass is 265 g/mol. The molecule has 104 valence electrons. The molecule has 0 radical (unpaired) electrons. The Hall–Kier alpha value is -1.75. The molecule has 0 saturated heterocycles. The van der Waals surface area contributed by atoms with Gasteiger partial charge in [0.25, 0.3) is 0 Å². The summed E-state index contributed by atoms with van der Waals surface area (Å²) in [7, 11) is 0. The minimum atomic E-state index is -1.50. The summed E-state index contributed by atoms with van der Waals surface area (Å²) in [6.07, 6.45) is 0.187. The number of carboxylic acids is 1. The highest BCUT2D eigenvalue weighted by molar-refractivity contribution is 5.83. The van der Waals surface area contributed by atoms with Crippen LogP contribution in [-0.4, -0.2) is 23.3 Å². The van der Waals surface area contributed by atoms with E-state index in [-0.39, 0.29) is 6.42 Å². The highest BCUT2D eigenvalue weighted by Gasteiger charge is 2.49. The second-order valence-corrected chi connectivity index (χ2v) is 5.38. The van der Waals surface area contributed by atoms with E-state index in [9.17, 15) is 9.90 Å². The number of nitrogens with two attached hydrogens (primary N) is 1. The minimum absolute atomic E-state index is 0.187. The first-order chi connectivity index (χ1) is 8.80. The van der Waals surface area contributed by atoms with Crippen molar-refractivity contribution < 1.29 is 19.4 Å². The van der Waals surface area contributed by atoms with E-state index < -0.39 is 17.1 Å². The Labute approximate surface area is 112 Å². The summed E-state index contributed by atoms with van der Waals surface area (Å²) < 4.78 is 11.3. The fraction of sp³-hybridized carbons (Fsp3) is 0.500. The summed E-state index contributed by atoms with van der Waals surface area (Å²) in [6, 6.07) is 5.21.